The Morgan fingerprint density at radius 3 is 1.91 bits per heavy atom. The number of nitrogens with one attached hydrogen (secondary N) is 2. The van der Waals surface area contributed by atoms with Crippen LogP contribution in [0.1, 0.15) is 103 Å². The lowest BCUT2D eigenvalue weighted by molar-refractivity contribution is -0.146. The Hall–Kier alpha value is -2.25. The first-order valence-corrected chi connectivity index (χ1v) is 13.8. The fraction of sp³-hybridized carbons (Fsp3) is 0.815. The van der Waals surface area contributed by atoms with Crippen molar-refractivity contribution in [1.82, 2.24) is 20.4 Å². The molecule has 0 saturated heterocycles. The number of nitrogens with zero attached hydrogens (tertiary/aromatic N) is 2. The predicted octanol–water partition coefficient (Wildman–Crippen LogP) is 5.08. The monoisotopic (exact) mass is 490 g/mol. The third kappa shape index (κ3) is 8.43. The Labute approximate surface area is 211 Å². The highest BCUT2D eigenvalue weighted by molar-refractivity contribution is 5.87. The molecule has 3 saturated carbocycles. The fourth-order valence-electron chi connectivity index (χ4n) is 5.74. The van der Waals surface area contributed by atoms with E-state index in [1.54, 1.807) is 6.92 Å². The van der Waals surface area contributed by atoms with Crippen molar-refractivity contribution >= 4 is 18.0 Å². The minimum absolute atomic E-state index is 0.0327. The van der Waals surface area contributed by atoms with Crippen molar-refractivity contribution in [2.45, 2.75) is 128 Å². The lowest BCUT2D eigenvalue weighted by atomic mass is 9.93. The minimum Gasteiger partial charge on any atom is -0.436 e. The topological polar surface area (TPSA) is 91.0 Å². The third-order valence-electron chi connectivity index (χ3n) is 7.88. The zero-order valence-electron chi connectivity index (χ0n) is 21.9. The molecule has 0 heterocycles. The van der Waals surface area contributed by atoms with Crippen LogP contribution in [0.2, 0.25) is 0 Å². The first-order valence-electron chi connectivity index (χ1n) is 13.8. The van der Waals surface area contributed by atoms with Gasteiger partial charge in [-0.3, -0.25) is 0 Å². The van der Waals surface area contributed by atoms with Crippen LogP contribution in [0.5, 0.6) is 0 Å². The molecule has 8 heteroatoms. The van der Waals surface area contributed by atoms with E-state index in [-0.39, 0.29) is 42.3 Å². The van der Waals surface area contributed by atoms with Crippen molar-refractivity contribution < 1.29 is 19.1 Å². The summed E-state index contributed by atoms with van der Waals surface area (Å²) in [6.45, 7) is 5.41. The molecule has 3 rings (SSSR count). The molecule has 0 aromatic rings. The van der Waals surface area contributed by atoms with Gasteiger partial charge in [0.2, 0.25) is 0 Å². The molecular weight excluding hydrogens is 444 g/mol. The summed E-state index contributed by atoms with van der Waals surface area (Å²) in [5, 5.41) is 5.88. The lowest BCUT2D eigenvalue weighted by Gasteiger charge is -2.41. The number of hydrogen-bond acceptors (Lipinski definition) is 4. The smallest absolute Gasteiger partial charge is 0.335 e. The van der Waals surface area contributed by atoms with Crippen molar-refractivity contribution in [3.8, 4) is 0 Å². The van der Waals surface area contributed by atoms with E-state index >= 15 is 0 Å². The number of hydrogen-bond donors (Lipinski definition) is 2. The van der Waals surface area contributed by atoms with E-state index in [4.69, 9.17) is 4.74 Å². The highest BCUT2D eigenvalue weighted by Crippen LogP contribution is 2.27. The number of urea groups is 2. The summed E-state index contributed by atoms with van der Waals surface area (Å²) in [5.41, 5.74) is 0.263. The van der Waals surface area contributed by atoms with Gasteiger partial charge in [0.1, 0.15) is 0 Å². The van der Waals surface area contributed by atoms with E-state index in [2.05, 4.69) is 17.2 Å². The van der Waals surface area contributed by atoms with Gasteiger partial charge >= 0.3 is 18.0 Å². The molecule has 0 aromatic heterocycles. The number of carbonyl (C=O) groups is 3. The fourth-order valence-corrected chi connectivity index (χ4v) is 5.74. The normalized spacial score (nSPS) is 21.0. The molecular formula is C27H46N4O4. The summed E-state index contributed by atoms with van der Waals surface area (Å²) < 4.78 is 5.65. The Balaban J connectivity index is 1.73. The highest BCUT2D eigenvalue weighted by Gasteiger charge is 2.34. The van der Waals surface area contributed by atoms with Gasteiger partial charge in [-0.1, -0.05) is 64.4 Å². The second kappa shape index (κ2) is 13.7. The molecule has 3 aliphatic rings. The maximum absolute atomic E-state index is 13.8. The van der Waals surface area contributed by atoms with Crippen LogP contribution in [0.25, 0.3) is 0 Å². The first-order chi connectivity index (χ1) is 16.8. The maximum atomic E-state index is 13.8. The van der Waals surface area contributed by atoms with E-state index in [0.29, 0.717) is 0 Å². The summed E-state index contributed by atoms with van der Waals surface area (Å²) in [6, 6.07) is 0.0651. The van der Waals surface area contributed by atoms with Crippen LogP contribution in [0.3, 0.4) is 0 Å². The zero-order chi connectivity index (χ0) is 25.2. The molecule has 0 bridgehead atoms. The highest BCUT2D eigenvalue weighted by atomic mass is 16.6. The van der Waals surface area contributed by atoms with E-state index < -0.39 is 12.2 Å². The van der Waals surface area contributed by atoms with Crippen LogP contribution in [0, 0.1) is 0 Å². The number of rotatable bonds is 8. The largest absolute Gasteiger partial charge is 0.436 e. The minimum atomic E-state index is -0.937. The Bertz CT molecular complexity index is 725. The predicted molar refractivity (Wildman–Crippen MR) is 137 cm³/mol. The van der Waals surface area contributed by atoms with Crippen molar-refractivity contribution in [3.63, 3.8) is 0 Å². The van der Waals surface area contributed by atoms with Gasteiger partial charge in [-0.25, -0.2) is 14.4 Å². The number of esters is 1. The zero-order valence-corrected chi connectivity index (χ0v) is 21.9. The van der Waals surface area contributed by atoms with Gasteiger partial charge in [0.05, 0.1) is 6.54 Å². The van der Waals surface area contributed by atoms with Crippen LogP contribution in [0.15, 0.2) is 12.2 Å². The van der Waals surface area contributed by atoms with Crippen LogP contribution in [-0.4, -0.2) is 65.8 Å². The summed E-state index contributed by atoms with van der Waals surface area (Å²) in [5.74, 6) is -0.565. The molecule has 0 aromatic carbocycles. The Kier molecular flexibility index (Phi) is 10.7. The van der Waals surface area contributed by atoms with Crippen LogP contribution < -0.4 is 10.6 Å². The van der Waals surface area contributed by atoms with E-state index in [9.17, 15) is 14.4 Å². The molecule has 198 valence electrons. The Morgan fingerprint density at radius 2 is 1.37 bits per heavy atom. The molecule has 1 atom stereocenters. The van der Waals surface area contributed by atoms with Crippen molar-refractivity contribution in [2.24, 2.45) is 0 Å². The summed E-state index contributed by atoms with van der Waals surface area (Å²) >= 11 is 0. The van der Waals surface area contributed by atoms with Gasteiger partial charge in [0.15, 0.2) is 6.23 Å². The number of ether oxygens (including phenoxy) is 1. The second-order valence-electron chi connectivity index (χ2n) is 10.8. The van der Waals surface area contributed by atoms with Crippen molar-refractivity contribution in [1.29, 1.82) is 0 Å². The van der Waals surface area contributed by atoms with Gasteiger partial charge in [0.25, 0.3) is 0 Å². The van der Waals surface area contributed by atoms with Gasteiger partial charge in [-0.15, -0.1) is 0 Å². The average molecular weight is 491 g/mol. The first kappa shape index (κ1) is 27.3. The second-order valence-corrected chi connectivity index (χ2v) is 10.8. The van der Waals surface area contributed by atoms with Crippen molar-refractivity contribution in [3.05, 3.63) is 12.2 Å². The van der Waals surface area contributed by atoms with Gasteiger partial charge in [0, 0.05) is 30.7 Å². The quantitative estimate of drug-likeness (QED) is 0.282. The van der Waals surface area contributed by atoms with Crippen molar-refractivity contribution in [2.75, 3.05) is 13.6 Å². The molecule has 0 aliphatic heterocycles. The average Bonchev–Trinajstić information content (AvgIpc) is 2.87. The maximum Gasteiger partial charge on any atom is 0.335 e. The molecule has 4 amide bonds. The van der Waals surface area contributed by atoms with Crippen LogP contribution in [0.4, 0.5) is 9.59 Å². The molecule has 0 radical (unpaired) electrons. The van der Waals surface area contributed by atoms with E-state index in [0.717, 1.165) is 77.0 Å². The van der Waals surface area contributed by atoms with E-state index in [1.165, 1.54) is 19.3 Å². The lowest BCUT2D eigenvalue weighted by Crippen LogP contribution is -2.57. The molecule has 8 nitrogen and oxygen atoms in total. The van der Waals surface area contributed by atoms with Crippen LogP contribution in [-0.2, 0) is 9.53 Å². The van der Waals surface area contributed by atoms with Gasteiger partial charge in [-0.2, -0.15) is 0 Å². The van der Waals surface area contributed by atoms with Gasteiger partial charge < -0.3 is 25.2 Å². The molecule has 2 N–H and O–H groups in total. The summed E-state index contributed by atoms with van der Waals surface area (Å²) in [7, 11) is 1.90. The summed E-state index contributed by atoms with van der Waals surface area (Å²) in [6.07, 6.45) is 15.2. The SMILES string of the molecule is C=C(C)C(=O)OC(CN(C(=O)N(C)C1CCCCC1)C1CCCCC1)NC(=O)NC1CCCCC1. The van der Waals surface area contributed by atoms with Crippen LogP contribution >= 0.6 is 0 Å². The summed E-state index contributed by atoms with van der Waals surface area (Å²) in [4.78, 5) is 42.8. The standard InChI is InChI=1S/C27H46N4O4/c1-20(2)25(32)35-24(29-26(33)28-21-13-7-4-8-14-21)19-31(23-17-11-6-12-18-23)27(34)30(3)22-15-9-5-10-16-22/h21-24H,1,4-19H2,2-3H3,(H2,28,29,33). The molecule has 3 aliphatic carbocycles. The van der Waals surface area contributed by atoms with E-state index in [1.807, 2.05) is 16.8 Å². The Morgan fingerprint density at radius 1 is 0.857 bits per heavy atom. The molecule has 35 heavy (non-hydrogen) atoms. The number of carbonyl (C=O) groups excluding carboxylic acids is 3. The molecule has 3 fully saturated rings. The van der Waals surface area contributed by atoms with Gasteiger partial charge in [-0.05, 0) is 45.4 Å². The molecule has 0 spiro atoms. The number of amides is 4. The molecule has 1 unspecified atom stereocenters. The third-order valence-corrected chi connectivity index (χ3v) is 7.88.